The number of hydrogen-bond donors (Lipinski definition) is 2. The molecule has 27 heavy (non-hydrogen) atoms. The highest BCUT2D eigenvalue weighted by atomic mass is 32.2. The van der Waals surface area contributed by atoms with Gasteiger partial charge in [-0.25, -0.2) is 8.42 Å². The standard InChI is InChI=1S/C21H26N2O3S/c1-3-7-16-10-12-17(13-11-16)21-19(22-20(21)15-24)14-23(2)27(25,26)18-8-5-4-6-9-18/h3-13,19-22,24H,14-15H2,1-2H3/b7-3+/t19-,20+,21+/m0/s1. The van der Waals surface area contributed by atoms with Crippen LogP contribution in [0.15, 0.2) is 65.6 Å². The summed E-state index contributed by atoms with van der Waals surface area (Å²) in [6, 6.07) is 16.6. The number of sulfonamides is 1. The van der Waals surface area contributed by atoms with E-state index in [4.69, 9.17) is 0 Å². The molecule has 2 N–H and O–H groups in total. The molecule has 0 spiro atoms. The molecule has 1 aliphatic rings. The summed E-state index contributed by atoms with van der Waals surface area (Å²) in [5, 5.41) is 12.9. The number of allylic oxidation sites excluding steroid dienone is 1. The van der Waals surface area contributed by atoms with Crippen LogP contribution in [-0.2, 0) is 10.0 Å². The number of nitrogens with one attached hydrogen (secondary N) is 1. The van der Waals surface area contributed by atoms with E-state index in [-0.39, 0.29) is 29.5 Å². The molecule has 144 valence electrons. The van der Waals surface area contributed by atoms with Crippen molar-refractivity contribution in [3.8, 4) is 0 Å². The van der Waals surface area contributed by atoms with E-state index in [1.807, 2.05) is 31.2 Å². The molecule has 1 aliphatic heterocycles. The third-order valence-electron chi connectivity index (χ3n) is 5.08. The van der Waals surface area contributed by atoms with Gasteiger partial charge in [-0.05, 0) is 30.2 Å². The first-order valence-electron chi connectivity index (χ1n) is 9.08. The van der Waals surface area contributed by atoms with Crippen molar-refractivity contribution in [3.63, 3.8) is 0 Å². The summed E-state index contributed by atoms with van der Waals surface area (Å²) in [6.45, 7) is 2.34. The van der Waals surface area contributed by atoms with Crippen LogP contribution in [0.2, 0.25) is 0 Å². The molecule has 0 aromatic heterocycles. The van der Waals surface area contributed by atoms with Gasteiger partial charge in [0.25, 0.3) is 0 Å². The molecule has 1 fully saturated rings. The molecule has 3 atom stereocenters. The average molecular weight is 387 g/mol. The van der Waals surface area contributed by atoms with Gasteiger partial charge in [0.2, 0.25) is 10.0 Å². The average Bonchev–Trinajstić information content (AvgIpc) is 2.67. The molecule has 0 radical (unpaired) electrons. The fourth-order valence-electron chi connectivity index (χ4n) is 3.61. The number of hydrogen-bond acceptors (Lipinski definition) is 4. The van der Waals surface area contributed by atoms with E-state index in [2.05, 4.69) is 17.4 Å². The van der Waals surface area contributed by atoms with E-state index in [1.54, 1.807) is 37.4 Å². The largest absolute Gasteiger partial charge is 0.395 e. The monoisotopic (exact) mass is 386 g/mol. The lowest BCUT2D eigenvalue weighted by atomic mass is 9.77. The summed E-state index contributed by atoms with van der Waals surface area (Å²) in [5.74, 6) is 0.0723. The minimum Gasteiger partial charge on any atom is -0.395 e. The van der Waals surface area contributed by atoms with Crippen LogP contribution in [0.1, 0.15) is 24.0 Å². The lowest BCUT2D eigenvalue weighted by molar-refractivity contribution is 0.118. The Morgan fingerprint density at radius 2 is 1.74 bits per heavy atom. The van der Waals surface area contributed by atoms with E-state index < -0.39 is 10.0 Å². The first-order chi connectivity index (χ1) is 13.0. The highest BCUT2D eigenvalue weighted by molar-refractivity contribution is 7.89. The Morgan fingerprint density at radius 3 is 2.33 bits per heavy atom. The first kappa shape index (κ1) is 19.8. The lowest BCUT2D eigenvalue weighted by Crippen LogP contribution is -2.64. The predicted octanol–water partition coefficient (Wildman–Crippen LogP) is 2.46. The van der Waals surface area contributed by atoms with Crippen LogP contribution >= 0.6 is 0 Å². The van der Waals surface area contributed by atoms with Crippen LogP contribution in [0.5, 0.6) is 0 Å². The number of rotatable bonds is 7. The molecular weight excluding hydrogens is 360 g/mol. The van der Waals surface area contributed by atoms with Crippen molar-refractivity contribution in [3.05, 3.63) is 71.8 Å². The number of benzene rings is 2. The molecule has 1 saturated heterocycles. The Kier molecular flexibility index (Phi) is 6.11. The zero-order chi connectivity index (χ0) is 19.4. The highest BCUT2D eigenvalue weighted by Gasteiger charge is 2.42. The molecule has 2 aromatic carbocycles. The Morgan fingerprint density at radius 1 is 1.07 bits per heavy atom. The van der Waals surface area contributed by atoms with Gasteiger partial charge in [-0.3, -0.25) is 0 Å². The second kappa shape index (κ2) is 8.35. The lowest BCUT2D eigenvalue weighted by Gasteiger charge is -2.47. The normalized spacial score (nSPS) is 22.9. The maximum Gasteiger partial charge on any atom is 0.242 e. The van der Waals surface area contributed by atoms with Gasteiger partial charge in [0.15, 0.2) is 0 Å². The molecule has 0 amide bonds. The minimum absolute atomic E-state index is 0.0208. The summed E-state index contributed by atoms with van der Waals surface area (Å²) in [4.78, 5) is 0.290. The van der Waals surface area contributed by atoms with Gasteiger partial charge < -0.3 is 10.4 Å². The number of aliphatic hydroxyl groups is 1. The van der Waals surface area contributed by atoms with Gasteiger partial charge in [-0.2, -0.15) is 4.31 Å². The van der Waals surface area contributed by atoms with Gasteiger partial charge >= 0.3 is 0 Å². The number of likely N-dealkylation sites (N-methyl/N-ethyl adjacent to an activating group) is 1. The van der Waals surface area contributed by atoms with Crippen molar-refractivity contribution >= 4 is 16.1 Å². The van der Waals surface area contributed by atoms with Crippen molar-refractivity contribution < 1.29 is 13.5 Å². The van der Waals surface area contributed by atoms with Gasteiger partial charge in [-0.15, -0.1) is 0 Å². The molecule has 0 bridgehead atoms. The third-order valence-corrected chi connectivity index (χ3v) is 6.92. The molecule has 5 nitrogen and oxygen atoms in total. The predicted molar refractivity (Wildman–Crippen MR) is 108 cm³/mol. The van der Waals surface area contributed by atoms with Crippen LogP contribution in [0.3, 0.4) is 0 Å². The maximum absolute atomic E-state index is 12.8. The molecule has 6 heteroatoms. The first-order valence-corrected chi connectivity index (χ1v) is 10.5. The van der Waals surface area contributed by atoms with E-state index >= 15 is 0 Å². The quantitative estimate of drug-likeness (QED) is 0.767. The summed E-state index contributed by atoms with van der Waals surface area (Å²) in [5.41, 5.74) is 2.23. The summed E-state index contributed by atoms with van der Waals surface area (Å²) < 4.78 is 26.9. The van der Waals surface area contributed by atoms with Gasteiger partial charge in [0.1, 0.15) is 0 Å². The molecule has 3 rings (SSSR count). The molecule has 1 heterocycles. The van der Waals surface area contributed by atoms with Crippen molar-refractivity contribution in [1.82, 2.24) is 9.62 Å². The zero-order valence-electron chi connectivity index (χ0n) is 15.6. The van der Waals surface area contributed by atoms with Gasteiger partial charge in [-0.1, -0.05) is 54.6 Å². The van der Waals surface area contributed by atoms with Crippen molar-refractivity contribution in [2.45, 2.75) is 29.8 Å². The summed E-state index contributed by atoms with van der Waals surface area (Å²) in [7, 11) is -1.93. The molecular formula is C21H26N2O3S. The van der Waals surface area contributed by atoms with Crippen molar-refractivity contribution in [1.29, 1.82) is 0 Å². The third kappa shape index (κ3) is 4.14. The summed E-state index contributed by atoms with van der Waals surface area (Å²) >= 11 is 0. The second-order valence-electron chi connectivity index (χ2n) is 6.85. The topological polar surface area (TPSA) is 69.6 Å². The molecule has 0 aliphatic carbocycles. The number of nitrogens with zero attached hydrogens (tertiary/aromatic N) is 1. The van der Waals surface area contributed by atoms with Crippen LogP contribution < -0.4 is 5.32 Å². The van der Waals surface area contributed by atoms with E-state index in [9.17, 15) is 13.5 Å². The molecule has 2 aromatic rings. The SMILES string of the molecule is C/C=C/c1ccc([C@@H]2[C@H](CN(C)S(=O)(=O)c3ccccc3)N[C@@H]2CO)cc1. The fourth-order valence-corrected chi connectivity index (χ4v) is 4.83. The second-order valence-corrected chi connectivity index (χ2v) is 8.90. The Hall–Kier alpha value is -1.99. The van der Waals surface area contributed by atoms with Crippen LogP contribution in [0.4, 0.5) is 0 Å². The minimum atomic E-state index is -3.53. The molecule has 0 unspecified atom stereocenters. The smallest absolute Gasteiger partial charge is 0.242 e. The summed E-state index contributed by atoms with van der Waals surface area (Å²) in [6.07, 6.45) is 4.02. The Balaban J connectivity index is 1.76. The van der Waals surface area contributed by atoms with E-state index in [1.165, 1.54) is 4.31 Å². The fraction of sp³-hybridized carbons (Fsp3) is 0.333. The number of aliphatic hydroxyl groups excluding tert-OH is 1. The van der Waals surface area contributed by atoms with Crippen LogP contribution in [-0.4, -0.2) is 50.1 Å². The maximum atomic E-state index is 12.8. The van der Waals surface area contributed by atoms with Gasteiger partial charge in [0.05, 0.1) is 11.5 Å². The highest BCUT2D eigenvalue weighted by Crippen LogP contribution is 2.33. The van der Waals surface area contributed by atoms with Crippen LogP contribution in [0, 0.1) is 0 Å². The van der Waals surface area contributed by atoms with Crippen molar-refractivity contribution in [2.75, 3.05) is 20.2 Å². The van der Waals surface area contributed by atoms with E-state index in [0.717, 1.165) is 11.1 Å². The Bertz CT molecular complexity index is 879. The van der Waals surface area contributed by atoms with Gasteiger partial charge in [0, 0.05) is 31.6 Å². The zero-order valence-corrected chi connectivity index (χ0v) is 16.4. The Labute approximate surface area is 161 Å². The van der Waals surface area contributed by atoms with Crippen molar-refractivity contribution in [2.24, 2.45) is 0 Å². The van der Waals surface area contributed by atoms with E-state index in [0.29, 0.717) is 6.54 Å². The van der Waals surface area contributed by atoms with Crippen LogP contribution in [0.25, 0.3) is 6.08 Å². The molecule has 0 saturated carbocycles.